The van der Waals surface area contributed by atoms with Crippen LogP contribution in [0.15, 0.2) is 0 Å². The molecule has 0 spiro atoms. The second-order valence-corrected chi connectivity index (χ2v) is 1.19. The molecule has 0 aromatic heterocycles. The molecular formula is C2H8N6O3. The molecule has 0 rings (SSSR count). The lowest BCUT2D eigenvalue weighted by molar-refractivity contribution is -0.742. The summed E-state index contributed by atoms with van der Waals surface area (Å²) in [4.78, 5) is 8.36. The van der Waals surface area contributed by atoms with E-state index in [1.807, 2.05) is 5.32 Å². The van der Waals surface area contributed by atoms with E-state index in [4.69, 9.17) is 37.6 Å². The average Bonchev–Trinajstić information content (AvgIpc) is 1.56. The normalized spacial score (nSPS) is 6.91. The van der Waals surface area contributed by atoms with Crippen LogP contribution >= 0.6 is 0 Å². The van der Waals surface area contributed by atoms with E-state index in [1.165, 1.54) is 0 Å². The molecule has 0 heterocycles. The maximum atomic E-state index is 8.36. The molecule has 0 aliphatic heterocycles. The lowest BCUT2D eigenvalue weighted by Crippen LogP contribution is -2.39. The van der Waals surface area contributed by atoms with Crippen LogP contribution in [0, 0.1) is 20.9 Å². The largest absolute Gasteiger partial charge is 0.370 e. The predicted molar refractivity (Wildman–Crippen MR) is 35.7 cm³/mol. The van der Waals surface area contributed by atoms with Crippen LogP contribution in [-0.2, 0) is 0 Å². The number of nitrogens with one attached hydrogen (secondary N) is 3. The maximum Gasteiger partial charge on any atom is 0.291 e. The van der Waals surface area contributed by atoms with Gasteiger partial charge in [0, 0.05) is 0 Å². The van der Waals surface area contributed by atoms with Crippen molar-refractivity contribution in [2.75, 3.05) is 0 Å². The molecule has 0 unspecified atom stereocenters. The van der Waals surface area contributed by atoms with Gasteiger partial charge in [-0.05, 0) is 0 Å². The third-order valence-electron chi connectivity index (χ3n) is 0.269. The van der Waals surface area contributed by atoms with Gasteiger partial charge in [-0.25, -0.2) is 0 Å². The molecule has 0 aliphatic carbocycles. The fourth-order valence-corrected chi connectivity index (χ4v) is 0.145. The second-order valence-electron chi connectivity index (χ2n) is 1.19. The Labute approximate surface area is 61.1 Å². The Hall–Kier alpha value is -2.06. The van der Waals surface area contributed by atoms with Gasteiger partial charge in [0.25, 0.3) is 5.09 Å². The minimum absolute atomic E-state index is 0.312. The fourth-order valence-electron chi connectivity index (χ4n) is 0.145. The van der Waals surface area contributed by atoms with Crippen molar-refractivity contribution in [3.63, 3.8) is 0 Å². The Kier molecular flexibility index (Phi) is 6.45. The highest BCUT2D eigenvalue weighted by molar-refractivity contribution is 5.93. The van der Waals surface area contributed by atoms with E-state index in [0.717, 1.165) is 0 Å². The van der Waals surface area contributed by atoms with Crippen molar-refractivity contribution in [2.24, 2.45) is 11.5 Å². The molecule has 0 fully saturated rings. The summed E-state index contributed by atoms with van der Waals surface area (Å²) in [5.41, 5.74) is 9.49. The van der Waals surface area contributed by atoms with E-state index < -0.39 is 5.09 Å². The monoisotopic (exact) mass is 164 g/mol. The van der Waals surface area contributed by atoms with Crippen molar-refractivity contribution in [3.8, 4) is 0 Å². The number of nitrogens with two attached hydrogens (primary N) is 2. The summed E-state index contributed by atoms with van der Waals surface area (Å²) in [6.07, 6.45) is 0. The highest BCUT2D eigenvalue weighted by atomic mass is 16.9. The van der Waals surface area contributed by atoms with Gasteiger partial charge < -0.3 is 16.7 Å². The molecule has 11 heavy (non-hydrogen) atoms. The van der Waals surface area contributed by atoms with Crippen LogP contribution < -0.4 is 16.8 Å². The van der Waals surface area contributed by atoms with Crippen LogP contribution in [0.5, 0.6) is 0 Å². The molecule has 0 amide bonds. The average molecular weight is 164 g/mol. The van der Waals surface area contributed by atoms with Crippen LogP contribution in [0.1, 0.15) is 0 Å². The predicted octanol–water partition coefficient (Wildman–Crippen LogP) is -1.98. The number of guanidine groups is 2. The van der Waals surface area contributed by atoms with Crippen molar-refractivity contribution < 1.29 is 10.3 Å². The lowest BCUT2D eigenvalue weighted by atomic mass is 10.9. The first-order valence-corrected chi connectivity index (χ1v) is 2.14. The van der Waals surface area contributed by atoms with Gasteiger partial charge in [0.2, 0.25) is 0 Å². The van der Waals surface area contributed by atoms with Crippen molar-refractivity contribution in [1.29, 1.82) is 10.8 Å². The summed E-state index contributed by atoms with van der Waals surface area (Å²) < 4.78 is 0. The Morgan fingerprint density at radius 2 is 1.64 bits per heavy atom. The van der Waals surface area contributed by atoms with Crippen LogP contribution in [0.3, 0.4) is 0 Å². The van der Waals surface area contributed by atoms with Crippen LogP contribution in [0.25, 0.3) is 0 Å². The van der Waals surface area contributed by atoms with Crippen molar-refractivity contribution in [1.82, 2.24) is 5.32 Å². The smallest absolute Gasteiger partial charge is 0.291 e. The van der Waals surface area contributed by atoms with E-state index in [9.17, 15) is 0 Å². The minimum Gasteiger partial charge on any atom is -0.370 e. The zero-order valence-corrected chi connectivity index (χ0v) is 5.37. The van der Waals surface area contributed by atoms with E-state index in [2.05, 4.69) is 0 Å². The van der Waals surface area contributed by atoms with Gasteiger partial charge in [-0.2, -0.15) is 0 Å². The van der Waals surface area contributed by atoms with Gasteiger partial charge in [0.05, 0.1) is 0 Å². The summed E-state index contributed by atoms with van der Waals surface area (Å²) in [5.74, 6) is -0.625. The van der Waals surface area contributed by atoms with Crippen molar-refractivity contribution >= 4 is 11.9 Å². The number of rotatable bonds is 0. The van der Waals surface area contributed by atoms with Gasteiger partial charge in [-0.15, -0.1) is 10.1 Å². The molecule has 0 saturated carbocycles. The van der Waals surface area contributed by atoms with E-state index in [1.54, 1.807) is 0 Å². The molecule has 0 aliphatic rings. The molecule has 64 valence electrons. The summed E-state index contributed by atoms with van der Waals surface area (Å²) in [6.45, 7) is 0. The molecule has 9 nitrogen and oxygen atoms in total. The van der Waals surface area contributed by atoms with E-state index in [-0.39, 0.29) is 11.9 Å². The standard InChI is InChI=1S/C2H7N5.HNO3/c3-1(4)7-2(5)6;2-1(3)4/h(H7,3,4,5,6,7);(H,2,3,4). The second kappa shape index (κ2) is 6.07. The molecule has 9 heteroatoms. The molecule has 8 N–H and O–H groups in total. The molecule has 0 saturated heterocycles. The number of hydrogen-bond acceptors (Lipinski definition) is 4. The first kappa shape index (κ1) is 11.7. The third-order valence-corrected chi connectivity index (χ3v) is 0.269. The zero-order chi connectivity index (χ0) is 9.44. The first-order chi connectivity index (χ1) is 4.86. The van der Waals surface area contributed by atoms with E-state index in [0.29, 0.717) is 0 Å². The minimum atomic E-state index is -1.50. The van der Waals surface area contributed by atoms with Crippen molar-refractivity contribution in [2.45, 2.75) is 0 Å². The quantitative estimate of drug-likeness (QED) is 0.104. The van der Waals surface area contributed by atoms with E-state index >= 15 is 0 Å². The molecule has 0 aromatic rings. The SMILES string of the molecule is N=C(N)NC(=N)N.O=[N+]([O-])O. The van der Waals surface area contributed by atoms with Crippen LogP contribution in [0.2, 0.25) is 0 Å². The maximum absolute atomic E-state index is 8.36. The van der Waals surface area contributed by atoms with Crippen molar-refractivity contribution in [3.05, 3.63) is 10.1 Å². The van der Waals surface area contributed by atoms with Gasteiger partial charge in [-0.1, -0.05) is 0 Å². The lowest BCUT2D eigenvalue weighted by Gasteiger charge is -1.95. The Morgan fingerprint density at radius 3 is 1.64 bits per heavy atom. The first-order valence-electron chi connectivity index (χ1n) is 2.14. The Bertz CT molecular complexity index is 149. The summed E-state index contributed by atoms with van der Waals surface area (Å²) in [6, 6.07) is 0. The number of nitrogens with zero attached hydrogens (tertiary/aromatic N) is 1. The Morgan fingerprint density at radius 1 is 1.45 bits per heavy atom. The molecule has 0 atom stereocenters. The topological polar surface area (TPSA) is 175 Å². The highest BCUT2D eigenvalue weighted by Gasteiger charge is 1.83. The van der Waals surface area contributed by atoms with Crippen LogP contribution in [-0.4, -0.2) is 22.2 Å². The summed E-state index contributed by atoms with van der Waals surface area (Å²) >= 11 is 0. The zero-order valence-electron chi connectivity index (χ0n) is 5.37. The van der Waals surface area contributed by atoms with Gasteiger partial charge in [0.15, 0.2) is 11.9 Å². The summed E-state index contributed by atoms with van der Waals surface area (Å²) in [5, 5.41) is 28.6. The Balaban J connectivity index is 0. The molecule has 0 bridgehead atoms. The van der Waals surface area contributed by atoms with Gasteiger partial charge >= 0.3 is 0 Å². The van der Waals surface area contributed by atoms with Gasteiger partial charge in [0.1, 0.15) is 0 Å². The van der Waals surface area contributed by atoms with Gasteiger partial charge in [-0.3, -0.25) is 16.1 Å². The molecule has 0 aromatic carbocycles. The van der Waals surface area contributed by atoms with Crippen LogP contribution in [0.4, 0.5) is 0 Å². The molecular weight excluding hydrogens is 156 g/mol. The highest BCUT2D eigenvalue weighted by Crippen LogP contribution is 1.44. The number of hydrogen-bond donors (Lipinski definition) is 6. The third kappa shape index (κ3) is 74.4. The molecule has 0 radical (unpaired) electrons. The summed E-state index contributed by atoms with van der Waals surface area (Å²) in [7, 11) is 0. The fraction of sp³-hybridized carbons (Fsp3) is 0.